The minimum atomic E-state index is -2.84. The van der Waals surface area contributed by atoms with Crippen molar-refractivity contribution in [1.29, 1.82) is 0 Å². The number of aliphatic hydroxyl groups excluding tert-OH is 1. The molecule has 0 aliphatic heterocycles. The van der Waals surface area contributed by atoms with Crippen LogP contribution < -0.4 is 0 Å². The summed E-state index contributed by atoms with van der Waals surface area (Å²) in [7, 11) is 0. The summed E-state index contributed by atoms with van der Waals surface area (Å²) < 4.78 is 34.3. The van der Waals surface area contributed by atoms with Crippen molar-refractivity contribution in [3.8, 4) is 17.0 Å². The molecule has 1 saturated carbocycles. The molecule has 0 saturated heterocycles. The van der Waals surface area contributed by atoms with Crippen molar-refractivity contribution in [3.05, 3.63) is 36.4 Å². The third-order valence-corrected chi connectivity index (χ3v) is 5.63. The molecular weight excluding hydrogens is 382 g/mol. The number of halogens is 2. The van der Waals surface area contributed by atoms with E-state index in [9.17, 15) is 19.0 Å². The van der Waals surface area contributed by atoms with Crippen molar-refractivity contribution in [3.63, 3.8) is 0 Å². The number of hydrogen-bond acceptors (Lipinski definition) is 6. The molecule has 0 bridgehead atoms. The maximum absolute atomic E-state index is 13.7. The van der Waals surface area contributed by atoms with Crippen LogP contribution in [0.15, 0.2) is 35.2 Å². The van der Waals surface area contributed by atoms with Gasteiger partial charge in [0.25, 0.3) is 6.43 Å². The zero-order chi connectivity index (χ0) is 20.1. The fraction of sp³-hybridized carbons (Fsp3) is 0.350. The fourth-order valence-corrected chi connectivity index (χ4v) is 4.17. The average Bonchev–Trinajstić information content (AvgIpc) is 3.34. The quantitative estimate of drug-likeness (QED) is 0.530. The maximum atomic E-state index is 13.7. The zero-order valence-electron chi connectivity index (χ0n) is 15.3. The number of nitrogens with zero attached hydrogens (tertiary/aromatic N) is 4. The Labute approximate surface area is 163 Å². The molecule has 29 heavy (non-hydrogen) atoms. The van der Waals surface area contributed by atoms with Gasteiger partial charge in [0.2, 0.25) is 0 Å². The molecule has 1 aliphatic carbocycles. The minimum Gasteiger partial charge on any atom is -0.506 e. The fourth-order valence-electron chi connectivity index (χ4n) is 4.17. The van der Waals surface area contributed by atoms with Crippen molar-refractivity contribution in [2.45, 2.75) is 44.3 Å². The number of furan rings is 1. The molecule has 2 atom stereocenters. The summed E-state index contributed by atoms with van der Waals surface area (Å²) in [5.41, 5.74) is 0.729. The first kappa shape index (κ1) is 18.0. The molecule has 0 unspecified atom stereocenters. The highest BCUT2D eigenvalue weighted by molar-refractivity contribution is 5.94. The van der Waals surface area contributed by atoms with Gasteiger partial charge in [-0.1, -0.05) is 12.8 Å². The van der Waals surface area contributed by atoms with Crippen molar-refractivity contribution >= 4 is 22.1 Å². The predicted molar refractivity (Wildman–Crippen MR) is 101 cm³/mol. The summed E-state index contributed by atoms with van der Waals surface area (Å²) >= 11 is 0. The van der Waals surface area contributed by atoms with E-state index >= 15 is 0 Å². The third-order valence-electron chi connectivity index (χ3n) is 5.63. The molecule has 9 heteroatoms. The van der Waals surface area contributed by atoms with Gasteiger partial charge in [-0.05, 0) is 31.0 Å². The molecule has 3 heterocycles. The number of benzene rings is 1. The number of fused-ring (bicyclic) bond motifs is 2. The van der Waals surface area contributed by atoms with Crippen molar-refractivity contribution in [2.24, 2.45) is 0 Å². The highest BCUT2D eigenvalue weighted by atomic mass is 19.3. The number of imidazole rings is 1. The first-order valence-corrected chi connectivity index (χ1v) is 9.44. The predicted octanol–water partition coefficient (Wildman–Crippen LogP) is 4.36. The van der Waals surface area contributed by atoms with Crippen LogP contribution >= 0.6 is 0 Å². The minimum absolute atomic E-state index is 0.0875. The van der Waals surface area contributed by atoms with Gasteiger partial charge >= 0.3 is 0 Å². The van der Waals surface area contributed by atoms with Gasteiger partial charge < -0.3 is 19.2 Å². The van der Waals surface area contributed by atoms with Crippen molar-refractivity contribution in [2.75, 3.05) is 0 Å². The van der Waals surface area contributed by atoms with Gasteiger partial charge in [-0.15, -0.1) is 10.2 Å². The van der Waals surface area contributed by atoms with Gasteiger partial charge in [0.05, 0.1) is 41.4 Å². The lowest BCUT2D eigenvalue weighted by Gasteiger charge is -2.28. The van der Waals surface area contributed by atoms with E-state index in [1.54, 1.807) is 10.9 Å². The van der Waals surface area contributed by atoms with Crippen molar-refractivity contribution in [1.82, 2.24) is 19.7 Å². The van der Waals surface area contributed by atoms with E-state index in [2.05, 4.69) is 15.2 Å². The Hall–Kier alpha value is -3.07. The van der Waals surface area contributed by atoms with Crippen LogP contribution in [0.2, 0.25) is 0 Å². The Balaban J connectivity index is 1.65. The molecule has 2 N–H and O–H groups in total. The number of hydrogen-bond donors (Lipinski definition) is 2. The topological polar surface area (TPSA) is 97.2 Å². The first-order chi connectivity index (χ1) is 14.0. The van der Waals surface area contributed by atoms with Gasteiger partial charge in [-0.25, -0.2) is 13.8 Å². The highest BCUT2D eigenvalue weighted by Crippen LogP contribution is 2.43. The smallest absolute Gasteiger partial charge is 0.264 e. The number of phenolic OH excluding ortho intramolecular Hbond substituents is 1. The van der Waals surface area contributed by atoms with E-state index in [-0.39, 0.29) is 34.2 Å². The molecule has 3 aromatic heterocycles. The Bertz CT molecular complexity index is 1200. The lowest BCUT2D eigenvalue weighted by molar-refractivity contribution is 0.0770. The Morgan fingerprint density at radius 3 is 2.79 bits per heavy atom. The second kappa shape index (κ2) is 6.77. The second-order valence-corrected chi connectivity index (χ2v) is 7.33. The summed E-state index contributed by atoms with van der Waals surface area (Å²) in [6.07, 6.45) is 3.11. The van der Waals surface area contributed by atoms with Crippen LogP contribution in [0.3, 0.4) is 0 Å². The van der Waals surface area contributed by atoms with Crippen molar-refractivity contribution < 1.29 is 23.4 Å². The van der Waals surface area contributed by atoms with Gasteiger partial charge in [-0.3, -0.25) is 0 Å². The van der Waals surface area contributed by atoms with Gasteiger partial charge in [0, 0.05) is 5.56 Å². The van der Waals surface area contributed by atoms with E-state index < -0.39 is 12.5 Å². The molecule has 0 radical (unpaired) electrons. The number of aromatic hydroxyl groups is 1. The molecule has 0 spiro atoms. The third kappa shape index (κ3) is 2.84. The lowest BCUT2D eigenvalue weighted by atomic mass is 9.92. The van der Waals surface area contributed by atoms with Crippen LogP contribution in [-0.4, -0.2) is 36.1 Å². The van der Waals surface area contributed by atoms with E-state index in [0.717, 1.165) is 19.3 Å². The lowest BCUT2D eigenvalue weighted by Crippen LogP contribution is -2.27. The average molecular weight is 400 g/mol. The Morgan fingerprint density at radius 1 is 1.17 bits per heavy atom. The van der Waals surface area contributed by atoms with Crippen LogP contribution in [0.1, 0.15) is 43.7 Å². The van der Waals surface area contributed by atoms with E-state index in [0.29, 0.717) is 23.0 Å². The summed E-state index contributed by atoms with van der Waals surface area (Å²) in [6.45, 7) is 0. The Morgan fingerprint density at radius 2 is 2.00 bits per heavy atom. The Kier molecular flexibility index (Phi) is 4.20. The van der Waals surface area contributed by atoms with Crippen LogP contribution in [0.4, 0.5) is 8.78 Å². The number of rotatable bonds is 3. The molecule has 1 fully saturated rings. The first-order valence-electron chi connectivity index (χ1n) is 9.44. The van der Waals surface area contributed by atoms with E-state index in [1.807, 2.05) is 0 Å². The van der Waals surface area contributed by atoms with E-state index in [4.69, 9.17) is 4.42 Å². The molecule has 1 aliphatic rings. The number of aliphatic hydroxyl groups is 1. The van der Waals surface area contributed by atoms with Crippen LogP contribution in [-0.2, 0) is 0 Å². The normalized spacial score (nSPS) is 20.1. The molecular formula is C20H18F2N4O3. The standard InChI is InChI=1S/C20H18F2N4O3/c21-19(22)11-7-16-10(5-6-29-16)18(28)17(11)12-8-13-20(25-24-12)26(9-23-13)14-3-1-2-4-15(14)27/h5-9,14-15,19,27-28H,1-4H2/t14-,15-/m1/s1. The monoisotopic (exact) mass is 400 g/mol. The summed E-state index contributed by atoms with van der Waals surface area (Å²) in [5, 5.41) is 29.6. The molecule has 7 nitrogen and oxygen atoms in total. The van der Waals surface area contributed by atoms with Gasteiger partial charge in [0.1, 0.15) is 16.8 Å². The molecule has 0 amide bonds. The molecule has 4 aromatic rings. The SMILES string of the molecule is Oc1c(-c2cc3ncn([C@@H]4CCCC[C@H]4O)c3nn2)c(C(F)F)cc2occc12. The van der Waals surface area contributed by atoms with Crippen LogP contribution in [0.25, 0.3) is 33.4 Å². The summed E-state index contributed by atoms with van der Waals surface area (Å²) in [6, 6.07) is 4.11. The second-order valence-electron chi connectivity index (χ2n) is 7.33. The number of alkyl halides is 2. The summed E-state index contributed by atoms with van der Waals surface area (Å²) in [5.74, 6) is -0.331. The maximum Gasteiger partial charge on any atom is 0.264 e. The van der Waals surface area contributed by atoms with Crippen LogP contribution in [0.5, 0.6) is 5.75 Å². The van der Waals surface area contributed by atoms with Gasteiger partial charge in [0.15, 0.2) is 5.65 Å². The summed E-state index contributed by atoms with van der Waals surface area (Å²) in [4.78, 5) is 4.33. The van der Waals surface area contributed by atoms with Gasteiger partial charge in [-0.2, -0.15) is 0 Å². The highest BCUT2D eigenvalue weighted by Gasteiger charge is 2.28. The number of phenols is 1. The number of aromatic nitrogens is 4. The largest absolute Gasteiger partial charge is 0.506 e. The van der Waals surface area contributed by atoms with E-state index in [1.165, 1.54) is 24.5 Å². The molecule has 5 rings (SSSR count). The molecule has 150 valence electrons. The zero-order valence-corrected chi connectivity index (χ0v) is 15.3. The van der Waals surface area contributed by atoms with Crippen LogP contribution in [0, 0.1) is 0 Å². The molecule has 1 aromatic carbocycles.